The number of furan rings is 1. The van der Waals surface area contributed by atoms with Crippen LogP contribution >= 0.6 is 22.7 Å². The van der Waals surface area contributed by atoms with Gasteiger partial charge in [0.05, 0.1) is 28.9 Å². The molecule has 8 nitrogen and oxygen atoms in total. The molecule has 0 unspecified atom stereocenters. The minimum absolute atomic E-state index is 0.0309. The van der Waals surface area contributed by atoms with E-state index >= 15 is 0 Å². The first-order chi connectivity index (χ1) is 14.3. The van der Waals surface area contributed by atoms with Gasteiger partial charge in [0.15, 0.2) is 16.6 Å². The van der Waals surface area contributed by atoms with Crippen molar-refractivity contribution in [2.75, 3.05) is 7.11 Å². The molecule has 4 aromatic heterocycles. The van der Waals surface area contributed by atoms with Crippen LogP contribution < -0.4 is 0 Å². The number of aromatic nitrogens is 2. The molecule has 2 N–H and O–H groups in total. The van der Waals surface area contributed by atoms with Crippen molar-refractivity contribution in [3.8, 4) is 27.3 Å². The van der Waals surface area contributed by atoms with Gasteiger partial charge in [-0.3, -0.25) is 9.36 Å². The quantitative estimate of drug-likeness (QED) is 0.348. The molecular weight excluding hydrogens is 428 g/mol. The Morgan fingerprint density at radius 3 is 2.57 bits per heavy atom. The van der Waals surface area contributed by atoms with Crippen LogP contribution in [0.15, 0.2) is 34.1 Å². The predicted molar refractivity (Wildman–Crippen MR) is 111 cm³/mol. The molecule has 10 heteroatoms. The van der Waals surface area contributed by atoms with Gasteiger partial charge < -0.3 is 19.4 Å². The van der Waals surface area contributed by atoms with Crippen LogP contribution in [-0.2, 0) is 4.74 Å². The summed E-state index contributed by atoms with van der Waals surface area (Å²) < 4.78 is 11.5. The van der Waals surface area contributed by atoms with E-state index in [4.69, 9.17) is 9.15 Å². The summed E-state index contributed by atoms with van der Waals surface area (Å²) in [5, 5.41) is 23.4. The third-order valence-electron chi connectivity index (χ3n) is 4.41. The van der Waals surface area contributed by atoms with Crippen molar-refractivity contribution in [3.05, 3.63) is 57.3 Å². The van der Waals surface area contributed by atoms with E-state index in [0.29, 0.717) is 16.3 Å². The van der Waals surface area contributed by atoms with Crippen LogP contribution in [0.3, 0.4) is 0 Å². The van der Waals surface area contributed by atoms with Gasteiger partial charge in [-0.1, -0.05) is 17.4 Å². The number of aromatic hydroxyl groups is 2. The molecule has 4 aromatic rings. The van der Waals surface area contributed by atoms with Crippen molar-refractivity contribution in [2.24, 2.45) is 0 Å². The Hall–Kier alpha value is -3.37. The number of thiazole rings is 1. The predicted octanol–water partition coefficient (Wildman–Crippen LogP) is 4.30. The molecule has 0 radical (unpaired) electrons. The molecule has 0 atom stereocenters. The van der Waals surface area contributed by atoms with Crippen molar-refractivity contribution in [1.82, 2.24) is 9.55 Å². The minimum Gasteiger partial charge on any atom is -0.503 e. The molecule has 0 saturated carbocycles. The van der Waals surface area contributed by atoms with Crippen molar-refractivity contribution < 1.29 is 29.0 Å². The van der Waals surface area contributed by atoms with Gasteiger partial charge in [-0.15, -0.1) is 11.3 Å². The molecule has 4 heterocycles. The van der Waals surface area contributed by atoms with Crippen LogP contribution in [-0.4, -0.2) is 38.6 Å². The van der Waals surface area contributed by atoms with Gasteiger partial charge in [0, 0.05) is 0 Å². The highest BCUT2D eigenvalue weighted by molar-refractivity contribution is 7.16. The second-order valence-electron chi connectivity index (χ2n) is 6.35. The lowest BCUT2D eigenvalue weighted by molar-refractivity contribution is 0.0605. The molecule has 0 bridgehead atoms. The molecule has 0 amide bonds. The maximum Gasteiger partial charge on any atom is 0.350 e. The number of nitrogens with zero attached hydrogens (tertiary/aromatic N) is 2. The maximum atomic E-state index is 13.2. The topological polar surface area (TPSA) is 115 Å². The number of esters is 1. The Morgan fingerprint density at radius 1 is 1.20 bits per heavy atom. The van der Waals surface area contributed by atoms with Gasteiger partial charge in [-0.05, 0) is 37.4 Å². The second-order valence-corrected chi connectivity index (χ2v) is 8.28. The van der Waals surface area contributed by atoms with E-state index in [-0.39, 0.29) is 27.0 Å². The van der Waals surface area contributed by atoms with Gasteiger partial charge in [0.2, 0.25) is 11.7 Å². The molecule has 0 aliphatic heterocycles. The third-order valence-corrected chi connectivity index (χ3v) is 6.41. The highest BCUT2D eigenvalue weighted by Crippen LogP contribution is 2.46. The summed E-state index contributed by atoms with van der Waals surface area (Å²) in [6.45, 7) is 3.33. The maximum absolute atomic E-state index is 13.2. The summed E-state index contributed by atoms with van der Waals surface area (Å²) in [7, 11) is 1.26. The van der Waals surface area contributed by atoms with Crippen molar-refractivity contribution in [2.45, 2.75) is 13.8 Å². The number of carbonyl (C=O) groups is 2. The van der Waals surface area contributed by atoms with E-state index in [2.05, 4.69) is 4.98 Å². The normalized spacial score (nSPS) is 11.0. The van der Waals surface area contributed by atoms with E-state index in [9.17, 15) is 19.8 Å². The first kappa shape index (κ1) is 19.9. The van der Waals surface area contributed by atoms with E-state index in [0.717, 1.165) is 11.3 Å². The van der Waals surface area contributed by atoms with Gasteiger partial charge in [0.1, 0.15) is 10.6 Å². The van der Waals surface area contributed by atoms with E-state index < -0.39 is 23.4 Å². The molecule has 30 heavy (non-hydrogen) atoms. The number of thiophene rings is 1. The number of carbonyl (C=O) groups excluding carboxylic acids is 2. The zero-order chi connectivity index (χ0) is 21.6. The average molecular weight is 444 g/mol. The largest absolute Gasteiger partial charge is 0.503 e. The first-order valence-electron chi connectivity index (χ1n) is 8.71. The van der Waals surface area contributed by atoms with Crippen LogP contribution in [0.25, 0.3) is 15.7 Å². The molecule has 0 aliphatic rings. The SMILES string of the molecule is COC(=O)c1sc(-n2c(O)c(O)c(C(=O)c3ccc(C)o3)c2-c2cccs2)nc1C. The molecule has 0 aliphatic carbocycles. The number of rotatable bonds is 5. The summed E-state index contributed by atoms with van der Waals surface area (Å²) in [6, 6.07) is 6.68. The number of ether oxygens (including phenoxy) is 1. The lowest BCUT2D eigenvalue weighted by Crippen LogP contribution is -2.03. The monoisotopic (exact) mass is 444 g/mol. The van der Waals surface area contributed by atoms with Crippen LogP contribution in [0.4, 0.5) is 0 Å². The van der Waals surface area contributed by atoms with Crippen molar-refractivity contribution in [3.63, 3.8) is 0 Å². The van der Waals surface area contributed by atoms with Crippen LogP contribution in [0, 0.1) is 13.8 Å². The molecule has 0 spiro atoms. The molecular formula is C20H16N2O6S2. The van der Waals surface area contributed by atoms with Gasteiger partial charge >= 0.3 is 5.97 Å². The van der Waals surface area contributed by atoms with Gasteiger partial charge in [0.25, 0.3) is 0 Å². The summed E-state index contributed by atoms with van der Waals surface area (Å²) >= 11 is 2.30. The summed E-state index contributed by atoms with van der Waals surface area (Å²) in [5.41, 5.74) is 0.544. The van der Waals surface area contributed by atoms with Crippen LogP contribution in [0.1, 0.15) is 37.2 Å². The highest BCUT2D eigenvalue weighted by atomic mass is 32.1. The van der Waals surface area contributed by atoms with E-state index in [1.165, 1.54) is 29.1 Å². The summed E-state index contributed by atoms with van der Waals surface area (Å²) in [4.78, 5) is 30.4. The Balaban J connectivity index is 1.99. The average Bonchev–Trinajstić information content (AvgIpc) is 3.49. The van der Waals surface area contributed by atoms with Gasteiger partial charge in [-0.25, -0.2) is 9.78 Å². The van der Waals surface area contributed by atoms with E-state index in [1.54, 1.807) is 37.4 Å². The Kier molecular flexibility index (Phi) is 4.96. The first-order valence-corrected chi connectivity index (χ1v) is 10.4. The van der Waals surface area contributed by atoms with Gasteiger partial charge in [-0.2, -0.15) is 0 Å². The van der Waals surface area contributed by atoms with Crippen molar-refractivity contribution in [1.29, 1.82) is 0 Å². The zero-order valence-electron chi connectivity index (χ0n) is 16.1. The second kappa shape index (κ2) is 7.47. The smallest absolute Gasteiger partial charge is 0.350 e. The standard InChI is InChI=1S/C20H16N2O6S2/c1-9-6-7-11(28-9)15(23)13-14(12-5-4-8-29-12)22(18(25)16(13)24)20-21-10(2)17(30-20)19(26)27-3/h4-8,24-25H,1-3H3. The molecule has 0 aromatic carbocycles. The highest BCUT2D eigenvalue weighted by Gasteiger charge is 2.33. The number of aryl methyl sites for hydroxylation is 2. The number of hydrogen-bond acceptors (Lipinski definition) is 9. The summed E-state index contributed by atoms with van der Waals surface area (Å²) in [5.74, 6) is -1.73. The number of methoxy groups -OCH3 is 1. The fourth-order valence-electron chi connectivity index (χ4n) is 3.04. The molecule has 154 valence electrons. The Bertz CT molecular complexity index is 1260. The van der Waals surface area contributed by atoms with Crippen LogP contribution in [0.2, 0.25) is 0 Å². The Labute approximate surface area is 178 Å². The summed E-state index contributed by atoms with van der Waals surface area (Å²) in [6.07, 6.45) is 0. The molecule has 0 fully saturated rings. The fraction of sp³-hybridized carbons (Fsp3) is 0.150. The number of hydrogen-bond donors (Lipinski definition) is 2. The fourth-order valence-corrected chi connectivity index (χ4v) is 4.80. The third kappa shape index (κ3) is 3.10. The van der Waals surface area contributed by atoms with E-state index in [1.807, 2.05) is 0 Å². The minimum atomic E-state index is -0.593. The lowest BCUT2D eigenvalue weighted by Gasteiger charge is -2.06. The van der Waals surface area contributed by atoms with Crippen molar-refractivity contribution >= 4 is 34.4 Å². The Morgan fingerprint density at radius 2 is 1.97 bits per heavy atom. The van der Waals surface area contributed by atoms with Crippen LogP contribution in [0.5, 0.6) is 11.6 Å². The zero-order valence-corrected chi connectivity index (χ0v) is 17.8. The molecule has 0 saturated heterocycles. The number of ketones is 1. The molecule has 4 rings (SSSR count). The lowest BCUT2D eigenvalue weighted by atomic mass is 10.1.